The van der Waals surface area contributed by atoms with Crippen LogP contribution in [0.3, 0.4) is 0 Å². The van der Waals surface area contributed by atoms with Gasteiger partial charge in [0, 0.05) is 50.5 Å². The Balaban J connectivity index is 1.54. The van der Waals surface area contributed by atoms with Crippen LogP contribution in [-0.2, 0) is 36.6 Å². The number of aliphatic hydroxyl groups is 4. The second-order valence-corrected chi connectivity index (χ2v) is 13.1. The van der Waals surface area contributed by atoms with E-state index in [0.717, 1.165) is 19.3 Å². The lowest BCUT2D eigenvalue weighted by atomic mass is 9.56. The van der Waals surface area contributed by atoms with Crippen LogP contribution in [0, 0.1) is 6.92 Å². The van der Waals surface area contributed by atoms with Crippen LogP contribution in [-0.4, -0.2) is 123 Å². The number of carbonyl (C=O) groups excluding carboxylic acids is 3. The number of ketones is 3. The van der Waals surface area contributed by atoms with Gasteiger partial charge in [-0.3, -0.25) is 14.4 Å². The number of carbonyl (C=O) groups is 4. The van der Waals surface area contributed by atoms with E-state index in [0.29, 0.717) is 0 Å². The molecule has 0 bridgehead atoms. The predicted octanol–water partition coefficient (Wildman–Crippen LogP) is -0.314. The third kappa shape index (κ3) is 4.34. The summed E-state index contributed by atoms with van der Waals surface area (Å²) < 4.78 is 22.1. The number of phenols is 2. The van der Waals surface area contributed by atoms with Crippen molar-refractivity contribution < 1.29 is 73.9 Å². The van der Waals surface area contributed by atoms with Crippen molar-refractivity contribution in [2.75, 3.05) is 21.3 Å². The molecule has 8 N–H and O–H groups in total. The van der Waals surface area contributed by atoms with Crippen LogP contribution in [0.5, 0.6) is 11.5 Å². The van der Waals surface area contributed by atoms with Crippen molar-refractivity contribution in [2.45, 2.75) is 80.7 Å². The normalized spacial score (nSPS) is 34.7. The number of fused-ring (bicyclic) bond motifs is 5. The average molecular weight is 700 g/mol. The lowest BCUT2D eigenvalue weighted by Crippen LogP contribution is -2.73. The standard InChI is InChI=1S/C34H37NO15/c1-11-7-13-8-18(37)34(49-6)29(42)20-14(28(41)33(34,46)22(13)24(39)19(11)31(43)44)9-15-21(23(20)38)16(36)10-17(32(15,3)45)35-30-27(48-5)25(40)26(47-4)12(2)50-30/h7,9-10,12,18,25-27,30,35,37-40,45-46H,8H2,1-6H3,(H,43,44)/t12-,18?,25+,26-,27+,30-,32?,33?,34?/m0/s1. The van der Waals surface area contributed by atoms with Gasteiger partial charge in [0.1, 0.15) is 41.0 Å². The van der Waals surface area contributed by atoms with Gasteiger partial charge in [-0.1, -0.05) is 6.07 Å². The Hall–Kier alpha value is -4.26. The number of benzene rings is 2. The first-order chi connectivity index (χ1) is 23.4. The fourth-order valence-electron chi connectivity index (χ4n) is 8.11. The molecule has 1 aliphatic heterocycles. The Morgan fingerprint density at radius 2 is 1.62 bits per heavy atom. The lowest BCUT2D eigenvalue weighted by Gasteiger charge is -2.53. The van der Waals surface area contributed by atoms with Gasteiger partial charge in [0.2, 0.25) is 11.6 Å². The second kappa shape index (κ2) is 11.6. The van der Waals surface area contributed by atoms with Gasteiger partial charge in [-0.05, 0) is 38.0 Å². The number of hydrogen-bond donors (Lipinski definition) is 8. The van der Waals surface area contributed by atoms with Crippen LogP contribution in [0.2, 0.25) is 0 Å². The zero-order chi connectivity index (χ0) is 37.0. The molecule has 16 nitrogen and oxygen atoms in total. The Bertz CT molecular complexity index is 1900. The van der Waals surface area contributed by atoms with Crippen molar-refractivity contribution >= 4 is 23.3 Å². The summed E-state index contributed by atoms with van der Waals surface area (Å²) in [6, 6.07) is 2.17. The summed E-state index contributed by atoms with van der Waals surface area (Å²) in [6.45, 7) is 4.19. The number of carboxylic acid groups (broad SMARTS) is 1. The average Bonchev–Trinajstić information content (AvgIpc) is 3.02. The first-order valence-corrected chi connectivity index (χ1v) is 15.6. The van der Waals surface area contributed by atoms with E-state index in [4.69, 9.17) is 18.9 Å². The molecule has 0 radical (unpaired) electrons. The molecule has 268 valence electrons. The largest absolute Gasteiger partial charge is 0.507 e. The Labute approximate surface area is 284 Å². The van der Waals surface area contributed by atoms with Crippen molar-refractivity contribution in [3.63, 3.8) is 0 Å². The monoisotopic (exact) mass is 699 g/mol. The summed E-state index contributed by atoms with van der Waals surface area (Å²) >= 11 is 0. The highest BCUT2D eigenvalue weighted by molar-refractivity contribution is 6.26. The number of methoxy groups -OCH3 is 3. The molecule has 2 aromatic rings. The molecule has 3 aliphatic carbocycles. The number of ether oxygens (including phenoxy) is 4. The number of phenolic OH excluding ortho intramolecular Hbond substituents is 1. The van der Waals surface area contributed by atoms with Crippen LogP contribution in [0.4, 0.5) is 0 Å². The molecule has 0 spiro atoms. The van der Waals surface area contributed by atoms with Crippen molar-refractivity contribution in [1.82, 2.24) is 5.32 Å². The smallest absolute Gasteiger partial charge is 0.339 e. The van der Waals surface area contributed by atoms with E-state index in [2.05, 4.69) is 5.32 Å². The fourth-order valence-corrected chi connectivity index (χ4v) is 8.11. The number of aromatic carboxylic acids is 1. The molecular weight excluding hydrogens is 662 g/mol. The molecule has 0 saturated carbocycles. The molecule has 1 saturated heterocycles. The third-order valence-corrected chi connectivity index (χ3v) is 10.5. The number of carboxylic acids is 1. The van der Waals surface area contributed by atoms with Crippen molar-refractivity contribution in [3.05, 3.63) is 68.4 Å². The van der Waals surface area contributed by atoms with Crippen LogP contribution in [0.25, 0.3) is 0 Å². The number of aliphatic hydroxyl groups excluding tert-OH is 2. The Morgan fingerprint density at radius 1 is 0.980 bits per heavy atom. The molecule has 16 heteroatoms. The lowest BCUT2D eigenvalue weighted by molar-refractivity contribution is -0.237. The number of rotatable bonds is 6. The van der Waals surface area contributed by atoms with E-state index in [9.17, 15) is 54.9 Å². The van der Waals surface area contributed by atoms with E-state index in [1.54, 1.807) is 6.92 Å². The zero-order valence-electron chi connectivity index (χ0n) is 27.8. The van der Waals surface area contributed by atoms with E-state index in [1.807, 2.05) is 0 Å². The molecule has 50 heavy (non-hydrogen) atoms. The van der Waals surface area contributed by atoms with Crippen LogP contribution in [0.15, 0.2) is 23.9 Å². The predicted molar refractivity (Wildman–Crippen MR) is 167 cm³/mol. The van der Waals surface area contributed by atoms with Crippen LogP contribution in [0.1, 0.15) is 77.5 Å². The minimum absolute atomic E-state index is 0.0369. The summed E-state index contributed by atoms with van der Waals surface area (Å²) in [7, 11) is 3.59. The number of aryl methyl sites for hydroxylation is 1. The topological polar surface area (TPSA) is 259 Å². The van der Waals surface area contributed by atoms with E-state index in [1.165, 1.54) is 34.1 Å². The van der Waals surface area contributed by atoms with Gasteiger partial charge in [-0.25, -0.2) is 4.79 Å². The summed E-state index contributed by atoms with van der Waals surface area (Å²) in [6.07, 6.45) is -6.44. The van der Waals surface area contributed by atoms with E-state index >= 15 is 0 Å². The van der Waals surface area contributed by atoms with E-state index in [-0.39, 0.29) is 22.4 Å². The fraction of sp³-hybridized carbons (Fsp3) is 0.471. The quantitative estimate of drug-likeness (QED) is 0.192. The zero-order valence-corrected chi connectivity index (χ0v) is 27.8. The molecule has 1 heterocycles. The summed E-state index contributed by atoms with van der Waals surface area (Å²) in [5, 5.41) is 82.2. The first kappa shape index (κ1) is 35.6. The molecule has 0 aromatic heterocycles. The molecule has 0 amide bonds. The highest BCUT2D eigenvalue weighted by Gasteiger charge is 2.72. The number of allylic oxidation sites excluding steroid dienone is 1. The molecule has 4 aliphatic rings. The van der Waals surface area contributed by atoms with Crippen LogP contribution < -0.4 is 5.32 Å². The van der Waals surface area contributed by atoms with Gasteiger partial charge in [0.25, 0.3) is 0 Å². The van der Waals surface area contributed by atoms with Gasteiger partial charge in [-0.2, -0.15) is 0 Å². The molecule has 1 fully saturated rings. The molecule has 4 unspecified atom stereocenters. The summed E-state index contributed by atoms with van der Waals surface area (Å²) in [5.41, 5.74) is -12.5. The molecular formula is C34H37NO15. The number of aromatic hydroxyl groups is 2. The number of Topliss-reactive ketones (excluding diaryl/α,β-unsaturated/α-hetero) is 2. The Morgan fingerprint density at radius 3 is 2.20 bits per heavy atom. The molecule has 6 rings (SSSR count). The maximum absolute atomic E-state index is 14.6. The Kier molecular flexibility index (Phi) is 8.28. The molecule has 9 atom stereocenters. The minimum atomic E-state index is -3.27. The van der Waals surface area contributed by atoms with Crippen molar-refractivity contribution in [2.24, 2.45) is 0 Å². The second-order valence-electron chi connectivity index (χ2n) is 13.1. The van der Waals surface area contributed by atoms with Gasteiger partial charge < -0.3 is 60.0 Å². The maximum atomic E-state index is 14.6. The number of nitrogens with one attached hydrogen (secondary N) is 1. The van der Waals surface area contributed by atoms with Gasteiger partial charge >= 0.3 is 5.97 Å². The van der Waals surface area contributed by atoms with E-state index < -0.39 is 123 Å². The maximum Gasteiger partial charge on any atom is 0.339 e. The van der Waals surface area contributed by atoms with Crippen molar-refractivity contribution in [3.8, 4) is 11.5 Å². The highest BCUT2D eigenvalue weighted by atomic mass is 16.6. The van der Waals surface area contributed by atoms with Gasteiger partial charge in [0.15, 0.2) is 23.2 Å². The van der Waals surface area contributed by atoms with Crippen molar-refractivity contribution in [1.29, 1.82) is 0 Å². The molecule has 2 aromatic carbocycles. The number of hydrogen-bond acceptors (Lipinski definition) is 15. The SMILES string of the molecule is CO[C@@H]1[C@@H](O)[C@@H](OC)[C@@H](NC2=CC(=O)c3c(cc4c(c3O)C(=O)C3(OC)C(O)Cc5cc(C)c(C(=O)O)c(O)c5C3(O)C4=O)C2(C)O)O[C@H]1C. The summed E-state index contributed by atoms with van der Waals surface area (Å²) in [4.78, 5) is 54.8. The van der Waals surface area contributed by atoms with Gasteiger partial charge in [0.05, 0.1) is 29.0 Å². The first-order valence-electron chi connectivity index (χ1n) is 15.6. The third-order valence-electron chi connectivity index (χ3n) is 10.5. The highest BCUT2D eigenvalue weighted by Crippen LogP contribution is 2.57. The van der Waals surface area contributed by atoms with Gasteiger partial charge in [-0.15, -0.1) is 0 Å². The minimum Gasteiger partial charge on any atom is -0.507 e. The van der Waals surface area contributed by atoms with Crippen LogP contribution >= 0.6 is 0 Å². The summed E-state index contributed by atoms with van der Waals surface area (Å²) in [5.74, 6) is -7.39.